The van der Waals surface area contributed by atoms with Crippen molar-refractivity contribution in [1.29, 1.82) is 0 Å². The predicted molar refractivity (Wildman–Crippen MR) is 144 cm³/mol. The van der Waals surface area contributed by atoms with Gasteiger partial charge in [-0.25, -0.2) is 4.39 Å². The Kier molecular flexibility index (Phi) is 7.95. The van der Waals surface area contributed by atoms with Gasteiger partial charge in [0.25, 0.3) is 11.8 Å². The lowest BCUT2D eigenvalue weighted by atomic mass is 10.0. The fourth-order valence-corrected chi connectivity index (χ4v) is 3.63. The summed E-state index contributed by atoms with van der Waals surface area (Å²) < 4.78 is 18.6. The van der Waals surface area contributed by atoms with E-state index in [1.54, 1.807) is 98.1 Å². The van der Waals surface area contributed by atoms with Gasteiger partial charge in [-0.1, -0.05) is 48.5 Å². The number of halogens is 1. The van der Waals surface area contributed by atoms with E-state index < -0.39 is 0 Å². The number of nitrogens with two attached hydrogens (primary N) is 1. The van der Waals surface area contributed by atoms with Gasteiger partial charge in [0.2, 0.25) is 0 Å². The Morgan fingerprint density at radius 3 is 2.16 bits per heavy atom. The van der Waals surface area contributed by atoms with Crippen molar-refractivity contribution >= 4 is 34.8 Å². The summed E-state index contributed by atoms with van der Waals surface area (Å²) in [5.41, 5.74) is 10.0. The number of nitrogens with one attached hydrogen (secondary N) is 2. The third-order valence-electron chi connectivity index (χ3n) is 5.70. The highest BCUT2D eigenvalue weighted by atomic mass is 19.1. The molecule has 6 nitrogen and oxygen atoms in total. The molecule has 186 valence electrons. The van der Waals surface area contributed by atoms with E-state index in [1.165, 1.54) is 12.1 Å². The van der Waals surface area contributed by atoms with Crippen LogP contribution in [-0.4, -0.2) is 18.9 Å². The number of rotatable bonds is 8. The lowest BCUT2D eigenvalue weighted by molar-refractivity contribution is -0.115. The Bertz CT molecular complexity index is 1410. The maximum absolute atomic E-state index is 13.4. The molecule has 0 aliphatic heterocycles. The molecule has 7 heteroatoms. The van der Waals surface area contributed by atoms with Gasteiger partial charge >= 0.3 is 0 Å². The van der Waals surface area contributed by atoms with Crippen LogP contribution in [0.4, 0.5) is 15.8 Å². The summed E-state index contributed by atoms with van der Waals surface area (Å²) in [6, 6.07) is 27.0. The molecule has 0 bridgehead atoms. The number of para-hydroxylation sites is 2. The van der Waals surface area contributed by atoms with Crippen LogP contribution in [0.1, 0.15) is 27.0 Å². The first-order valence-corrected chi connectivity index (χ1v) is 11.6. The van der Waals surface area contributed by atoms with Crippen molar-refractivity contribution in [2.75, 3.05) is 18.2 Å². The zero-order valence-electron chi connectivity index (χ0n) is 20.2. The van der Waals surface area contributed by atoms with Gasteiger partial charge in [-0.3, -0.25) is 9.59 Å². The summed E-state index contributed by atoms with van der Waals surface area (Å²) in [5.74, 6) is -0.255. The average Bonchev–Trinajstić information content (AvgIpc) is 2.93. The van der Waals surface area contributed by atoms with Crippen LogP contribution in [-0.2, 0) is 11.3 Å². The number of hydrogen-bond donors (Lipinski definition) is 3. The van der Waals surface area contributed by atoms with Crippen LogP contribution in [0.2, 0.25) is 0 Å². The van der Waals surface area contributed by atoms with Crippen molar-refractivity contribution in [2.45, 2.75) is 6.54 Å². The summed E-state index contributed by atoms with van der Waals surface area (Å²) in [7, 11) is 1.57. The van der Waals surface area contributed by atoms with Crippen LogP contribution >= 0.6 is 0 Å². The standard InChI is InChI=1S/C30H26FN3O3/c1-37-25-16-12-22(13-17-25)26(18-20-8-14-24(31)15-9-20)30(36)33-19-21-6-10-23(11-7-21)29(35)34-28-5-3-2-4-27(28)32/h2-18H,19,32H2,1H3,(H,33,36)(H,34,35). The number of amides is 2. The molecule has 4 N–H and O–H groups in total. The third kappa shape index (κ3) is 6.61. The van der Waals surface area contributed by atoms with E-state index in [-0.39, 0.29) is 24.2 Å². The molecule has 0 spiro atoms. The number of ether oxygens (including phenoxy) is 1. The van der Waals surface area contributed by atoms with Crippen molar-refractivity contribution < 1.29 is 18.7 Å². The first-order chi connectivity index (χ1) is 17.9. The molecule has 4 rings (SSSR count). The smallest absolute Gasteiger partial charge is 0.255 e. The van der Waals surface area contributed by atoms with E-state index in [0.29, 0.717) is 39.4 Å². The van der Waals surface area contributed by atoms with Crippen molar-refractivity contribution in [3.8, 4) is 5.75 Å². The average molecular weight is 496 g/mol. The summed E-state index contributed by atoms with van der Waals surface area (Å²) in [6.07, 6.45) is 1.71. The molecule has 4 aromatic rings. The minimum absolute atomic E-state index is 0.253. The lowest BCUT2D eigenvalue weighted by Gasteiger charge is -2.12. The zero-order valence-corrected chi connectivity index (χ0v) is 20.2. The van der Waals surface area contributed by atoms with Crippen LogP contribution in [0, 0.1) is 5.82 Å². The van der Waals surface area contributed by atoms with Crippen LogP contribution in [0.5, 0.6) is 5.75 Å². The second-order valence-electron chi connectivity index (χ2n) is 8.26. The SMILES string of the molecule is COc1ccc(C(=Cc2ccc(F)cc2)C(=O)NCc2ccc(C(=O)Nc3ccccc3N)cc2)cc1. The van der Waals surface area contributed by atoms with E-state index in [0.717, 1.165) is 5.56 Å². The summed E-state index contributed by atoms with van der Waals surface area (Å²) in [5, 5.41) is 5.71. The van der Waals surface area contributed by atoms with Crippen LogP contribution in [0.25, 0.3) is 11.6 Å². The molecule has 0 fully saturated rings. The van der Waals surface area contributed by atoms with Crippen LogP contribution in [0.15, 0.2) is 97.1 Å². The third-order valence-corrected chi connectivity index (χ3v) is 5.70. The molecular weight excluding hydrogens is 469 g/mol. The van der Waals surface area contributed by atoms with Gasteiger partial charge in [0.15, 0.2) is 0 Å². The number of carbonyl (C=O) groups excluding carboxylic acids is 2. The van der Waals surface area contributed by atoms with Crippen LogP contribution in [0.3, 0.4) is 0 Å². The fourth-order valence-electron chi connectivity index (χ4n) is 3.63. The normalized spacial score (nSPS) is 11.0. The first kappa shape index (κ1) is 25.2. The zero-order chi connectivity index (χ0) is 26.2. The summed E-state index contributed by atoms with van der Waals surface area (Å²) in [6.45, 7) is 0.253. The monoisotopic (exact) mass is 495 g/mol. The van der Waals surface area contributed by atoms with Crippen molar-refractivity contribution in [3.05, 3.63) is 125 Å². The Morgan fingerprint density at radius 2 is 1.51 bits per heavy atom. The second kappa shape index (κ2) is 11.7. The number of methoxy groups -OCH3 is 1. The first-order valence-electron chi connectivity index (χ1n) is 11.6. The Balaban J connectivity index is 1.46. The van der Waals surface area contributed by atoms with Gasteiger partial charge in [0.1, 0.15) is 11.6 Å². The summed E-state index contributed by atoms with van der Waals surface area (Å²) in [4.78, 5) is 25.7. The largest absolute Gasteiger partial charge is 0.497 e. The molecule has 37 heavy (non-hydrogen) atoms. The highest BCUT2D eigenvalue weighted by molar-refractivity contribution is 6.24. The number of nitrogen functional groups attached to an aromatic ring is 1. The van der Waals surface area contributed by atoms with Crippen molar-refractivity contribution in [2.24, 2.45) is 0 Å². The molecule has 0 aliphatic carbocycles. The Hall–Kier alpha value is -4.91. The number of benzene rings is 4. The fraction of sp³-hybridized carbons (Fsp3) is 0.0667. The van der Waals surface area contributed by atoms with Gasteiger partial charge in [0.05, 0.1) is 18.5 Å². The Morgan fingerprint density at radius 1 is 0.865 bits per heavy atom. The van der Waals surface area contributed by atoms with Crippen LogP contribution < -0.4 is 21.1 Å². The van der Waals surface area contributed by atoms with Gasteiger partial charge < -0.3 is 21.1 Å². The van der Waals surface area contributed by atoms with Gasteiger partial charge in [-0.15, -0.1) is 0 Å². The minimum Gasteiger partial charge on any atom is -0.497 e. The Labute approximate surface area is 214 Å². The number of hydrogen-bond acceptors (Lipinski definition) is 4. The highest BCUT2D eigenvalue weighted by Gasteiger charge is 2.13. The van der Waals surface area contributed by atoms with Gasteiger partial charge in [-0.05, 0) is 71.3 Å². The molecule has 2 amide bonds. The molecule has 0 aromatic heterocycles. The van der Waals surface area contributed by atoms with Crippen molar-refractivity contribution in [1.82, 2.24) is 5.32 Å². The van der Waals surface area contributed by atoms with Crippen molar-refractivity contribution in [3.63, 3.8) is 0 Å². The molecule has 0 saturated heterocycles. The highest BCUT2D eigenvalue weighted by Crippen LogP contribution is 2.22. The van der Waals surface area contributed by atoms with E-state index in [9.17, 15) is 14.0 Å². The number of anilines is 2. The van der Waals surface area contributed by atoms with Gasteiger partial charge in [0, 0.05) is 17.7 Å². The van der Waals surface area contributed by atoms with E-state index in [2.05, 4.69) is 10.6 Å². The quantitative estimate of drug-likeness (QED) is 0.170. The molecule has 0 radical (unpaired) electrons. The molecule has 4 aromatic carbocycles. The van der Waals surface area contributed by atoms with E-state index >= 15 is 0 Å². The molecule has 0 unspecified atom stereocenters. The molecule has 0 heterocycles. The topological polar surface area (TPSA) is 93.4 Å². The minimum atomic E-state index is -0.350. The molecule has 0 atom stereocenters. The van der Waals surface area contributed by atoms with E-state index in [4.69, 9.17) is 10.5 Å². The predicted octanol–water partition coefficient (Wildman–Crippen LogP) is 5.53. The lowest BCUT2D eigenvalue weighted by Crippen LogP contribution is -2.24. The van der Waals surface area contributed by atoms with Gasteiger partial charge in [-0.2, -0.15) is 0 Å². The number of carbonyl (C=O) groups is 2. The molecule has 0 aliphatic rings. The van der Waals surface area contributed by atoms with E-state index in [1.807, 2.05) is 0 Å². The second-order valence-corrected chi connectivity index (χ2v) is 8.26. The summed E-state index contributed by atoms with van der Waals surface area (Å²) >= 11 is 0. The molecule has 0 saturated carbocycles. The maximum Gasteiger partial charge on any atom is 0.255 e. The maximum atomic E-state index is 13.4. The molecular formula is C30H26FN3O3.